The predicted octanol–water partition coefficient (Wildman–Crippen LogP) is 4.62. The fourth-order valence-electron chi connectivity index (χ4n) is 1.86. The van der Waals surface area contributed by atoms with Gasteiger partial charge in [0.25, 0.3) is 0 Å². The molecule has 0 radical (unpaired) electrons. The van der Waals surface area contributed by atoms with E-state index in [0.717, 1.165) is 32.1 Å². The van der Waals surface area contributed by atoms with Crippen molar-refractivity contribution in [1.29, 1.82) is 0 Å². The average Bonchev–Trinajstić information content (AvgIpc) is 2.38. The van der Waals surface area contributed by atoms with Gasteiger partial charge in [-0.25, -0.2) is 9.45 Å². The van der Waals surface area contributed by atoms with E-state index in [0.29, 0.717) is 19.8 Å². The minimum absolute atomic E-state index is 0.400. The lowest BCUT2D eigenvalue weighted by Crippen LogP contribution is -2.07. The largest absolute Gasteiger partial charge is 0.502 e. The van der Waals surface area contributed by atoms with E-state index in [9.17, 15) is 4.57 Å². The van der Waals surface area contributed by atoms with Crippen molar-refractivity contribution >= 4 is 7.82 Å². The Kier molecular flexibility index (Phi) is 9.74. The fourth-order valence-corrected chi connectivity index (χ4v) is 2.93. The van der Waals surface area contributed by atoms with Crippen LogP contribution in [-0.2, 0) is 23.2 Å². The van der Waals surface area contributed by atoms with Crippen LogP contribution in [0.4, 0.5) is 0 Å². The molecule has 0 aliphatic carbocycles. The molecule has 1 aliphatic heterocycles. The first-order valence-corrected chi connectivity index (χ1v) is 8.93. The normalized spacial score (nSPS) is 19.8. The Labute approximate surface area is 116 Å². The number of hydrogen-bond donors (Lipinski definition) is 0. The third-order valence-corrected chi connectivity index (χ3v) is 4.30. The van der Waals surface area contributed by atoms with Gasteiger partial charge < -0.3 is 0 Å². The van der Waals surface area contributed by atoms with Crippen molar-refractivity contribution in [2.24, 2.45) is 0 Å². The number of rotatable bonds is 9. The van der Waals surface area contributed by atoms with Gasteiger partial charge in [0.15, 0.2) is 0 Å². The number of unbranched alkanes of at least 4 members (excludes halogenated alkanes) is 5. The van der Waals surface area contributed by atoms with Gasteiger partial charge >= 0.3 is 7.82 Å². The van der Waals surface area contributed by atoms with Crippen LogP contribution >= 0.6 is 7.82 Å². The SMILES string of the molecule is CCCCCCCCOOP1(=O)OCCCCCO1. The second-order valence-electron chi connectivity index (χ2n) is 4.84. The second-order valence-corrected chi connectivity index (χ2v) is 6.40. The summed E-state index contributed by atoms with van der Waals surface area (Å²) in [6.07, 6.45) is 9.82. The van der Waals surface area contributed by atoms with Gasteiger partial charge in [0.1, 0.15) is 0 Å². The van der Waals surface area contributed by atoms with Crippen LogP contribution in [0.25, 0.3) is 0 Å². The maximum absolute atomic E-state index is 12.0. The van der Waals surface area contributed by atoms with Crippen LogP contribution < -0.4 is 0 Å². The summed E-state index contributed by atoms with van der Waals surface area (Å²) in [6.45, 7) is 3.43. The summed E-state index contributed by atoms with van der Waals surface area (Å²) in [7, 11) is -3.47. The van der Waals surface area contributed by atoms with Crippen LogP contribution in [0.3, 0.4) is 0 Å². The van der Waals surface area contributed by atoms with Gasteiger partial charge in [0.2, 0.25) is 0 Å². The molecule has 1 heterocycles. The highest BCUT2D eigenvalue weighted by Crippen LogP contribution is 2.50. The van der Waals surface area contributed by atoms with Crippen molar-refractivity contribution < 1.29 is 23.2 Å². The van der Waals surface area contributed by atoms with E-state index in [1.807, 2.05) is 0 Å². The molecule has 1 fully saturated rings. The Morgan fingerprint density at radius 2 is 1.58 bits per heavy atom. The van der Waals surface area contributed by atoms with Gasteiger partial charge in [0, 0.05) is 0 Å². The Morgan fingerprint density at radius 3 is 2.26 bits per heavy atom. The van der Waals surface area contributed by atoms with E-state index in [4.69, 9.17) is 18.6 Å². The molecule has 5 nitrogen and oxygen atoms in total. The summed E-state index contributed by atoms with van der Waals surface area (Å²) in [5.41, 5.74) is 0. The second kappa shape index (κ2) is 10.8. The van der Waals surface area contributed by atoms with Crippen molar-refractivity contribution in [2.45, 2.75) is 64.7 Å². The summed E-state index contributed by atoms with van der Waals surface area (Å²) in [6, 6.07) is 0. The predicted molar refractivity (Wildman–Crippen MR) is 73.8 cm³/mol. The number of phosphoric ester groups is 1. The molecule has 0 N–H and O–H groups in total. The standard InChI is InChI=1S/C13H27O5P/c1-2-3-4-5-6-8-11-15-18-19(14)16-12-9-7-10-13-17-19/h2-13H2,1H3. The maximum Gasteiger partial charge on any atom is 0.502 e. The van der Waals surface area contributed by atoms with Crippen molar-refractivity contribution in [3.63, 3.8) is 0 Å². The minimum atomic E-state index is -3.47. The first-order valence-electron chi connectivity index (χ1n) is 7.47. The van der Waals surface area contributed by atoms with Gasteiger partial charge in [0.05, 0.1) is 19.8 Å². The van der Waals surface area contributed by atoms with Gasteiger partial charge in [-0.05, 0) is 25.7 Å². The molecule has 0 amide bonds. The third kappa shape index (κ3) is 8.77. The lowest BCUT2D eigenvalue weighted by molar-refractivity contribution is -0.228. The van der Waals surface area contributed by atoms with Crippen LogP contribution in [0.1, 0.15) is 64.7 Å². The lowest BCUT2D eigenvalue weighted by atomic mass is 10.1. The zero-order valence-corrected chi connectivity index (χ0v) is 12.9. The summed E-state index contributed by atoms with van der Waals surface area (Å²) in [4.78, 5) is 4.97. The zero-order valence-electron chi connectivity index (χ0n) is 12.0. The van der Waals surface area contributed by atoms with Crippen LogP contribution in [0.15, 0.2) is 0 Å². The molecule has 0 aromatic carbocycles. The van der Waals surface area contributed by atoms with Crippen LogP contribution in [-0.4, -0.2) is 19.8 Å². The Hall–Kier alpha value is 0.0700. The molecule has 0 spiro atoms. The van der Waals surface area contributed by atoms with Gasteiger partial charge in [-0.15, -0.1) is 4.67 Å². The molecule has 0 atom stereocenters. The summed E-state index contributed by atoms with van der Waals surface area (Å²) >= 11 is 0. The minimum Gasteiger partial charge on any atom is -0.285 e. The highest BCUT2D eigenvalue weighted by molar-refractivity contribution is 7.48. The van der Waals surface area contributed by atoms with E-state index in [-0.39, 0.29) is 0 Å². The molecular formula is C13H27O5P. The first kappa shape index (κ1) is 17.1. The van der Waals surface area contributed by atoms with E-state index < -0.39 is 7.82 Å². The molecule has 0 unspecified atom stereocenters. The summed E-state index contributed by atoms with van der Waals surface area (Å²) in [5, 5.41) is 0. The molecule has 0 aromatic rings. The number of hydrogen-bond acceptors (Lipinski definition) is 5. The van der Waals surface area contributed by atoms with E-state index in [1.54, 1.807) is 0 Å². The molecule has 6 heteroatoms. The summed E-state index contributed by atoms with van der Waals surface area (Å²) < 4.78 is 27.1. The van der Waals surface area contributed by atoms with E-state index in [1.165, 1.54) is 25.7 Å². The van der Waals surface area contributed by atoms with Gasteiger partial charge in [-0.2, -0.15) is 0 Å². The van der Waals surface area contributed by atoms with E-state index >= 15 is 0 Å². The van der Waals surface area contributed by atoms with E-state index in [2.05, 4.69) is 6.92 Å². The molecule has 19 heavy (non-hydrogen) atoms. The highest BCUT2D eigenvalue weighted by atomic mass is 31.2. The van der Waals surface area contributed by atoms with Crippen molar-refractivity contribution in [1.82, 2.24) is 0 Å². The van der Waals surface area contributed by atoms with Crippen molar-refractivity contribution in [3.8, 4) is 0 Å². The van der Waals surface area contributed by atoms with Crippen LogP contribution in [0.5, 0.6) is 0 Å². The molecule has 114 valence electrons. The van der Waals surface area contributed by atoms with Crippen molar-refractivity contribution in [2.75, 3.05) is 19.8 Å². The first-order chi connectivity index (χ1) is 9.27. The van der Waals surface area contributed by atoms with Crippen LogP contribution in [0, 0.1) is 0 Å². The molecule has 1 saturated heterocycles. The van der Waals surface area contributed by atoms with Gasteiger partial charge in [-0.3, -0.25) is 9.05 Å². The molecule has 0 bridgehead atoms. The third-order valence-electron chi connectivity index (χ3n) is 3.01. The molecule has 1 aliphatic rings. The van der Waals surface area contributed by atoms with Crippen molar-refractivity contribution in [3.05, 3.63) is 0 Å². The zero-order chi connectivity index (χ0) is 13.8. The molecule has 1 rings (SSSR count). The molecule has 0 saturated carbocycles. The lowest BCUT2D eigenvalue weighted by Gasteiger charge is -2.18. The Bertz CT molecular complexity index is 247. The quantitative estimate of drug-likeness (QED) is 0.269. The topological polar surface area (TPSA) is 54.0 Å². The monoisotopic (exact) mass is 294 g/mol. The molecule has 0 aromatic heterocycles. The number of phosphoric acid groups is 1. The Balaban J connectivity index is 2.01. The van der Waals surface area contributed by atoms with Gasteiger partial charge in [-0.1, -0.05) is 39.0 Å². The average molecular weight is 294 g/mol. The summed E-state index contributed by atoms with van der Waals surface area (Å²) in [5.74, 6) is 0. The highest BCUT2D eigenvalue weighted by Gasteiger charge is 2.29. The smallest absolute Gasteiger partial charge is 0.285 e. The van der Waals surface area contributed by atoms with Crippen LogP contribution in [0.2, 0.25) is 0 Å². The fraction of sp³-hybridized carbons (Fsp3) is 1.00. The maximum atomic E-state index is 12.0. The Morgan fingerprint density at radius 1 is 0.947 bits per heavy atom. The molecular weight excluding hydrogens is 267 g/mol.